The zero-order valence-electron chi connectivity index (χ0n) is 9.69. The fourth-order valence-corrected chi connectivity index (χ4v) is 12.4. The molecular weight excluding hydrogens is 406 g/mol. The van der Waals surface area contributed by atoms with E-state index >= 15 is 0 Å². The fraction of sp³-hybridized carbons (Fsp3) is 0.308. The van der Waals surface area contributed by atoms with Gasteiger partial charge in [0.25, 0.3) is 0 Å². The SMILES string of the molecule is C[C](C)=[Hf]([C]1=CC=CC1)[C]1=CC=CC1.Cl.Cl. The van der Waals surface area contributed by atoms with Crippen molar-refractivity contribution >= 4 is 28.1 Å². The molecule has 0 heterocycles. The maximum absolute atomic E-state index is 2.37. The predicted octanol–water partition coefficient (Wildman–Crippen LogP) is 4.35. The Labute approximate surface area is 118 Å². The Kier molecular flexibility index (Phi) is 7.71. The predicted molar refractivity (Wildman–Crippen MR) is 74.5 cm³/mol. The summed E-state index contributed by atoms with van der Waals surface area (Å²) < 4.78 is 5.26. The molecule has 2 rings (SSSR count). The van der Waals surface area contributed by atoms with Crippen LogP contribution in [0.4, 0.5) is 0 Å². The standard InChI is InChI=1S/2C5H5.C3H6.2ClH.Hf/c2*1-2-4-5-3-1;1-3-2;;;/h2*1-3H,4H2;1-2H3;2*1H;. The van der Waals surface area contributed by atoms with E-state index < -0.39 is 21.0 Å². The van der Waals surface area contributed by atoms with Gasteiger partial charge in [-0.05, 0) is 0 Å². The Balaban J connectivity index is 0.00000112. The third-order valence-corrected chi connectivity index (χ3v) is 13.6. The summed E-state index contributed by atoms with van der Waals surface area (Å²) in [6.45, 7) is 4.67. The van der Waals surface area contributed by atoms with E-state index in [1.54, 1.807) is 9.91 Å². The summed E-state index contributed by atoms with van der Waals surface area (Å²) in [6, 6.07) is 0. The van der Waals surface area contributed by atoms with Gasteiger partial charge >= 0.3 is 94.0 Å². The third kappa shape index (κ3) is 3.65. The van der Waals surface area contributed by atoms with Crippen molar-refractivity contribution in [1.82, 2.24) is 0 Å². The maximum atomic E-state index is 2.37. The third-order valence-electron chi connectivity index (χ3n) is 2.68. The Bertz CT molecular complexity index is 362. The zero-order chi connectivity index (χ0) is 9.97. The summed E-state index contributed by atoms with van der Waals surface area (Å²) in [7, 11) is 0. The molecule has 3 heteroatoms. The molecule has 88 valence electrons. The molecule has 0 atom stereocenters. The van der Waals surface area contributed by atoms with Gasteiger partial charge in [-0.15, -0.1) is 24.8 Å². The molecule has 0 saturated carbocycles. The molecule has 0 radical (unpaired) electrons. The van der Waals surface area contributed by atoms with Gasteiger partial charge in [0.2, 0.25) is 0 Å². The first-order valence-electron chi connectivity index (χ1n) is 5.18. The normalized spacial score (nSPS) is 16.1. The zero-order valence-corrected chi connectivity index (χ0v) is 14.9. The molecule has 0 saturated heterocycles. The van der Waals surface area contributed by atoms with Crippen LogP contribution < -0.4 is 0 Å². The van der Waals surface area contributed by atoms with Crippen molar-refractivity contribution in [3.8, 4) is 0 Å². The van der Waals surface area contributed by atoms with Crippen LogP contribution >= 0.6 is 24.8 Å². The van der Waals surface area contributed by atoms with Gasteiger partial charge < -0.3 is 0 Å². The van der Waals surface area contributed by atoms with E-state index in [1.807, 2.05) is 0 Å². The van der Waals surface area contributed by atoms with Crippen LogP contribution in [-0.2, 0) is 21.0 Å². The molecule has 0 fully saturated rings. The smallest absolute Gasteiger partial charge is 0.147 e. The van der Waals surface area contributed by atoms with Crippen molar-refractivity contribution in [3.63, 3.8) is 0 Å². The van der Waals surface area contributed by atoms with Gasteiger partial charge in [0.1, 0.15) is 0 Å². The minimum absolute atomic E-state index is 0. The summed E-state index contributed by atoms with van der Waals surface area (Å²) in [4.78, 5) is 0. The van der Waals surface area contributed by atoms with E-state index in [1.165, 1.54) is 12.8 Å². The first-order chi connectivity index (χ1) is 6.79. The van der Waals surface area contributed by atoms with Gasteiger partial charge in [-0.1, -0.05) is 0 Å². The number of allylic oxidation sites excluding steroid dienone is 8. The van der Waals surface area contributed by atoms with Crippen LogP contribution in [0, 0.1) is 0 Å². The van der Waals surface area contributed by atoms with E-state index in [0.29, 0.717) is 0 Å². The van der Waals surface area contributed by atoms with Crippen molar-refractivity contribution in [2.75, 3.05) is 0 Å². The molecule has 0 aromatic rings. The largest absolute Gasteiger partial charge is 0.147 e. The van der Waals surface area contributed by atoms with Crippen LogP contribution in [0.1, 0.15) is 26.7 Å². The van der Waals surface area contributed by atoms with Crippen LogP contribution in [0.5, 0.6) is 0 Å². The van der Waals surface area contributed by atoms with Crippen molar-refractivity contribution in [3.05, 3.63) is 43.1 Å². The number of rotatable bonds is 2. The molecule has 0 N–H and O–H groups in total. The Hall–Kier alpha value is 0.280. The minimum atomic E-state index is -1.69. The molecule has 0 bridgehead atoms. The van der Waals surface area contributed by atoms with Crippen molar-refractivity contribution in [2.24, 2.45) is 0 Å². The van der Waals surface area contributed by atoms with Crippen molar-refractivity contribution in [2.45, 2.75) is 26.7 Å². The molecule has 0 amide bonds. The average Bonchev–Trinajstić information content (AvgIpc) is 2.75. The van der Waals surface area contributed by atoms with Gasteiger partial charge in [-0.25, -0.2) is 0 Å². The number of hydrogen-bond acceptors (Lipinski definition) is 0. The van der Waals surface area contributed by atoms with E-state index in [2.05, 4.69) is 50.3 Å². The van der Waals surface area contributed by atoms with Gasteiger partial charge in [0.15, 0.2) is 0 Å². The second-order valence-corrected chi connectivity index (χ2v) is 14.9. The quantitative estimate of drug-likeness (QED) is 0.579. The molecule has 0 nitrogen and oxygen atoms in total. The summed E-state index contributed by atoms with van der Waals surface area (Å²) in [5, 5.41) is 0. The summed E-state index contributed by atoms with van der Waals surface area (Å²) >= 11 is -1.69. The molecular formula is C13H18Cl2Hf. The first-order valence-corrected chi connectivity index (χ1v) is 10.6. The van der Waals surface area contributed by atoms with Crippen LogP contribution in [0.3, 0.4) is 0 Å². The Morgan fingerprint density at radius 3 is 1.62 bits per heavy atom. The van der Waals surface area contributed by atoms with Crippen LogP contribution in [0.2, 0.25) is 0 Å². The molecule has 0 aromatic heterocycles. The van der Waals surface area contributed by atoms with Gasteiger partial charge in [0.05, 0.1) is 0 Å². The number of hydrogen-bond donors (Lipinski definition) is 0. The van der Waals surface area contributed by atoms with Crippen LogP contribution in [-0.4, -0.2) is 3.26 Å². The minimum Gasteiger partial charge on any atom is -0.147 e. The monoisotopic (exact) mass is 424 g/mol. The fourth-order valence-electron chi connectivity index (χ4n) is 2.11. The maximum Gasteiger partial charge on any atom is -0.147 e. The molecule has 2 aliphatic rings. The second kappa shape index (κ2) is 7.58. The molecule has 0 spiro atoms. The summed E-state index contributed by atoms with van der Waals surface area (Å²) in [5.74, 6) is 0. The van der Waals surface area contributed by atoms with E-state index in [-0.39, 0.29) is 24.8 Å². The van der Waals surface area contributed by atoms with E-state index in [9.17, 15) is 0 Å². The average molecular weight is 424 g/mol. The number of halogens is 2. The van der Waals surface area contributed by atoms with E-state index in [4.69, 9.17) is 0 Å². The Morgan fingerprint density at radius 1 is 0.938 bits per heavy atom. The molecule has 0 aliphatic heterocycles. The van der Waals surface area contributed by atoms with Gasteiger partial charge in [-0.2, -0.15) is 0 Å². The van der Waals surface area contributed by atoms with Crippen molar-refractivity contribution < 1.29 is 21.0 Å². The second-order valence-electron chi connectivity index (χ2n) is 4.02. The van der Waals surface area contributed by atoms with Crippen molar-refractivity contribution in [1.29, 1.82) is 0 Å². The summed E-state index contributed by atoms with van der Waals surface area (Å²) in [5.41, 5.74) is 0. The van der Waals surface area contributed by atoms with Crippen LogP contribution in [0.15, 0.2) is 43.1 Å². The molecule has 0 unspecified atom stereocenters. The Morgan fingerprint density at radius 2 is 1.38 bits per heavy atom. The van der Waals surface area contributed by atoms with E-state index in [0.717, 1.165) is 0 Å². The summed E-state index contributed by atoms with van der Waals surface area (Å²) in [6.07, 6.45) is 16.2. The topological polar surface area (TPSA) is 0 Å². The molecule has 0 aromatic carbocycles. The van der Waals surface area contributed by atoms with Gasteiger partial charge in [0, 0.05) is 0 Å². The van der Waals surface area contributed by atoms with Crippen LogP contribution in [0.25, 0.3) is 0 Å². The molecule has 16 heavy (non-hydrogen) atoms. The van der Waals surface area contributed by atoms with Gasteiger partial charge in [-0.3, -0.25) is 0 Å². The first kappa shape index (κ1) is 16.3. The molecule has 2 aliphatic carbocycles.